The summed E-state index contributed by atoms with van der Waals surface area (Å²) < 4.78 is 5.93. The Labute approximate surface area is 73.9 Å². The standard InChI is InChI=1S/C9H18N2O/c1-4-10-5-2-9(1)3-6-11-7-8-12-9/h10-11H,1-8H2. The molecule has 12 heavy (non-hydrogen) atoms. The van der Waals surface area contributed by atoms with Gasteiger partial charge in [-0.2, -0.15) is 0 Å². The van der Waals surface area contributed by atoms with E-state index in [0.29, 0.717) is 0 Å². The average Bonchev–Trinajstić information content (AvgIpc) is 2.33. The summed E-state index contributed by atoms with van der Waals surface area (Å²) in [6.07, 6.45) is 3.57. The fourth-order valence-electron chi connectivity index (χ4n) is 2.13. The normalized spacial score (nSPS) is 30.0. The molecule has 2 fully saturated rings. The van der Waals surface area contributed by atoms with Crippen LogP contribution in [0.5, 0.6) is 0 Å². The van der Waals surface area contributed by atoms with Gasteiger partial charge in [0.25, 0.3) is 0 Å². The van der Waals surface area contributed by atoms with Crippen LogP contribution in [-0.4, -0.2) is 38.4 Å². The van der Waals surface area contributed by atoms with Crippen molar-refractivity contribution in [2.75, 3.05) is 32.8 Å². The van der Waals surface area contributed by atoms with Gasteiger partial charge in [-0.15, -0.1) is 0 Å². The zero-order chi connectivity index (χ0) is 8.28. The molecule has 70 valence electrons. The van der Waals surface area contributed by atoms with Crippen molar-refractivity contribution in [3.8, 4) is 0 Å². The van der Waals surface area contributed by atoms with Crippen molar-refractivity contribution < 1.29 is 4.74 Å². The van der Waals surface area contributed by atoms with Gasteiger partial charge in [-0.1, -0.05) is 0 Å². The molecule has 2 saturated heterocycles. The Balaban J connectivity index is 1.95. The van der Waals surface area contributed by atoms with E-state index in [4.69, 9.17) is 4.74 Å². The van der Waals surface area contributed by atoms with Gasteiger partial charge in [0, 0.05) is 6.54 Å². The summed E-state index contributed by atoms with van der Waals surface area (Å²) in [5.74, 6) is 0. The Hall–Kier alpha value is -0.120. The Bertz CT molecular complexity index is 133. The SMILES string of the molecule is C1COC2(CCN1)CCNCC2. The van der Waals surface area contributed by atoms with E-state index in [0.717, 1.165) is 32.8 Å². The maximum Gasteiger partial charge on any atom is 0.0719 e. The van der Waals surface area contributed by atoms with Crippen LogP contribution < -0.4 is 10.6 Å². The molecular formula is C9H18N2O. The lowest BCUT2D eigenvalue weighted by atomic mass is 9.89. The summed E-state index contributed by atoms with van der Waals surface area (Å²) in [4.78, 5) is 0. The van der Waals surface area contributed by atoms with Gasteiger partial charge >= 0.3 is 0 Å². The zero-order valence-electron chi connectivity index (χ0n) is 7.57. The Kier molecular flexibility index (Phi) is 2.63. The maximum absolute atomic E-state index is 5.93. The van der Waals surface area contributed by atoms with E-state index in [9.17, 15) is 0 Å². The minimum Gasteiger partial charge on any atom is -0.374 e. The number of rotatable bonds is 0. The smallest absolute Gasteiger partial charge is 0.0719 e. The van der Waals surface area contributed by atoms with E-state index >= 15 is 0 Å². The minimum atomic E-state index is 0.217. The molecule has 0 bridgehead atoms. The average molecular weight is 170 g/mol. The van der Waals surface area contributed by atoms with Gasteiger partial charge < -0.3 is 15.4 Å². The number of ether oxygens (including phenoxy) is 1. The Morgan fingerprint density at radius 3 is 2.08 bits per heavy atom. The van der Waals surface area contributed by atoms with E-state index in [1.807, 2.05) is 0 Å². The summed E-state index contributed by atoms with van der Waals surface area (Å²) in [7, 11) is 0. The largest absolute Gasteiger partial charge is 0.374 e. The molecule has 0 unspecified atom stereocenters. The molecule has 3 nitrogen and oxygen atoms in total. The number of hydrogen-bond donors (Lipinski definition) is 2. The highest BCUT2D eigenvalue weighted by molar-refractivity contribution is 4.88. The third kappa shape index (κ3) is 1.79. The molecule has 2 N–H and O–H groups in total. The van der Waals surface area contributed by atoms with Crippen LogP contribution in [0.3, 0.4) is 0 Å². The van der Waals surface area contributed by atoms with Gasteiger partial charge in [0.15, 0.2) is 0 Å². The molecule has 0 radical (unpaired) electrons. The van der Waals surface area contributed by atoms with E-state index < -0.39 is 0 Å². The van der Waals surface area contributed by atoms with Crippen LogP contribution >= 0.6 is 0 Å². The quantitative estimate of drug-likeness (QED) is 0.542. The molecule has 0 saturated carbocycles. The minimum absolute atomic E-state index is 0.217. The van der Waals surface area contributed by atoms with E-state index in [2.05, 4.69) is 10.6 Å². The summed E-state index contributed by atoms with van der Waals surface area (Å²) in [5.41, 5.74) is 0.217. The molecule has 0 atom stereocenters. The molecule has 0 aromatic carbocycles. The van der Waals surface area contributed by atoms with Gasteiger partial charge in [-0.05, 0) is 38.9 Å². The molecule has 1 spiro atoms. The van der Waals surface area contributed by atoms with Gasteiger partial charge in [0.05, 0.1) is 12.2 Å². The molecular weight excluding hydrogens is 152 g/mol. The molecule has 0 amide bonds. The third-order valence-electron chi connectivity index (χ3n) is 2.96. The second-order valence-corrected chi connectivity index (χ2v) is 3.78. The fraction of sp³-hybridized carbons (Fsp3) is 1.00. The first-order valence-corrected chi connectivity index (χ1v) is 4.97. The van der Waals surface area contributed by atoms with Crippen molar-refractivity contribution in [3.05, 3.63) is 0 Å². The Morgan fingerprint density at radius 2 is 1.42 bits per heavy atom. The van der Waals surface area contributed by atoms with Crippen molar-refractivity contribution in [1.82, 2.24) is 10.6 Å². The highest BCUT2D eigenvalue weighted by Gasteiger charge is 2.33. The number of piperidine rings is 1. The first kappa shape index (κ1) is 8.48. The van der Waals surface area contributed by atoms with Gasteiger partial charge in [-0.25, -0.2) is 0 Å². The molecule has 0 aromatic heterocycles. The van der Waals surface area contributed by atoms with Gasteiger partial charge in [0.2, 0.25) is 0 Å². The summed E-state index contributed by atoms with van der Waals surface area (Å²) >= 11 is 0. The van der Waals surface area contributed by atoms with Crippen molar-refractivity contribution >= 4 is 0 Å². The number of nitrogens with one attached hydrogen (secondary N) is 2. The molecule has 2 aliphatic rings. The molecule has 0 aromatic rings. The second-order valence-electron chi connectivity index (χ2n) is 3.78. The fourth-order valence-corrected chi connectivity index (χ4v) is 2.13. The lowest BCUT2D eigenvalue weighted by Gasteiger charge is -2.36. The molecule has 2 aliphatic heterocycles. The molecule has 0 aliphatic carbocycles. The third-order valence-corrected chi connectivity index (χ3v) is 2.96. The van der Waals surface area contributed by atoms with Crippen molar-refractivity contribution in [2.24, 2.45) is 0 Å². The van der Waals surface area contributed by atoms with Crippen molar-refractivity contribution in [2.45, 2.75) is 24.9 Å². The lowest BCUT2D eigenvalue weighted by molar-refractivity contribution is -0.0581. The van der Waals surface area contributed by atoms with Crippen LogP contribution in [0.4, 0.5) is 0 Å². The highest BCUT2D eigenvalue weighted by Crippen LogP contribution is 2.27. The number of hydrogen-bond acceptors (Lipinski definition) is 3. The molecule has 2 rings (SSSR count). The van der Waals surface area contributed by atoms with Gasteiger partial charge in [0.1, 0.15) is 0 Å². The maximum atomic E-state index is 5.93. The van der Waals surface area contributed by atoms with Crippen molar-refractivity contribution in [3.63, 3.8) is 0 Å². The lowest BCUT2D eigenvalue weighted by Crippen LogP contribution is -2.44. The van der Waals surface area contributed by atoms with Crippen LogP contribution in [-0.2, 0) is 4.74 Å². The molecule has 3 heteroatoms. The van der Waals surface area contributed by atoms with Crippen LogP contribution in [0, 0.1) is 0 Å². The molecule has 2 heterocycles. The van der Waals surface area contributed by atoms with E-state index in [-0.39, 0.29) is 5.60 Å². The zero-order valence-corrected chi connectivity index (χ0v) is 7.57. The topological polar surface area (TPSA) is 33.3 Å². The van der Waals surface area contributed by atoms with Crippen LogP contribution in [0.25, 0.3) is 0 Å². The predicted molar refractivity (Wildman–Crippen MR) is 48.3 cm³/mol. The van der Waals surface area contributed by atoms with Crippen LogP contribution in [0.15, 0.2) is 0 Å². The monoisotopic (exact) mass is 170 g/mol. The van der Waals surface area contributed by atoms with Crippen LogP contribution in [0.2, 0.25) is 0 Å². The summed E-state index contributed by atoms with van der Waals surface area (Å²) in [6, 6.07) is 0. The first-order chi connectivity index (χ1) is 5.91. The second kappa shape index (κ2) is 3.73. The highest BCUT2D eigenvalue weighted by atomic mass is 16.5. The first-order valence-electron chi connectivity index (χ1n) is 4.97. The Morgan fingerprint density at radius 1 is 0.833 bits per heavy atom. The van der Waals surface area contributed by atoms with Gasteiger partial charge in [-0.3, -0.25) is 0 Å². The summed E-state index contributed by atoms with van der Waals surface area (Å²) in [6.45, 7) is 5.29. The van der Waals surface area contributed by atoms with E-state index in [1.54, 1.807) is 0 Å². The van der Waals surface area contributed by atoms with Crippen LogP contribution in [0.1, 0.15) is 19.3 Å². The predicted octanol–water partition coefficient (Wildman–Crippen LogP) is 0.118. The summed E-state index contributed by atoms with van der Waals surface area (Å²) in [5, 5.41) is 6.75. The van der Waals surface area contributed by atoms with Crippen molar-refractivity contribution in [1.29, 1.82) is 0 Å². The van der Waals surface area contributed by atoms with E-state index in [1.165, 1.54) is 19.3 Å².